The second-order valence-corrected chi connectivity index (χ2v) is 7.15. The van der Waals surface area contributed by atoms with Crippen LogP contribution in [0.25, 0.3) is 0 Å². The van der Waals surface area contributed by atoms with Crippen molar-refractivity contribution >= 4 is 5.97 Å². The van der Waals surface area contributed by atoms with Gasteiger partial charge in [0.25, 0.3) is 0 Å². The number of ether oxygens (including phenoxy) is 1. The molecule has 0 spiro atoms. The first kappa shape index (κ1) is 13.1. The molecular weight excluding hydrogens is 244 g/mol. The largest absolute Gasteiger partial charge is 0.458 e. The molecule has 4 nitrogen and oxygen atoms in total. The standard InChI is InChI=1S/C15H22O4/c1-14(2)5-4-6-15(3)9-8(7-19-13(9)18)10(16)11(17)12(14)15/h10-12,16-17H,4-7H2,1-3H3/t10-,11-,12+,15-/m1/s1. The summed E-state index contributed by atoms with van der Waals surface area (Å²) in [6.45, 7) is 6.43. The highest BCUT2D eigenvalue weighted by atomic mass is 16.5. The van der Waals surface area contributed by atoms with Crippen LogP contribution in [0.4, 0.5) is 0 Å². The Morgan fingerprint density at radius 2 is 1.89 bits per heavy atom. The Labute approximate surface area is 113 Å². The highest BCUT2D eigenvalue weighted by molar-refractivity contribution is 5.94. The lowest BCUT2D eigenvalue weighted by atomic mass is 9.49. The number of esters is 1. The summed E-state index contributed by atoms with van der Waals surface area (Å²) in [6, 6.07) is 0. The quantitative estimate of drug-likeness (QED) is 0.651. The van der Waals surface area contributed by atoms with Gasteiger partial charge in [-0.15, -0.1) is 0 Å². The fourth-order valence-corrected chi connectivity index (χ4v) is 4.84. The molecule has 2 N–H and O–H groups in total. The van der Waals surface area contributed by atoms with Crippen LogP contribution < -0.4 is 0 Å². The van der Waals surface area contributed by atoms with Gasteiger partial charge in [0, 0.05) is 22.5 Å². The van der Waals surface area contributed by atoms with Crippen molar-refractivity contribution in [2.24, 2.45) is 16.7 Å². The summed E-state index contributed by atoms with van der Waals surface area (Å²) in [5.74, 6) is -0.403. The number of fused-ring (bicyclic) bond motifs is 2. The Bertz CT molecular complexity index is 465. The molecule has 1 heterocycles. The molecule has 1 fully saturated rings. The van der Waals surface area contributed by atoms with E-state index in [1.807, 2.05) is 0 Å². The number of carbonyl (C=O) groups excluding carboxylic acids is 1. The zero-order valence-electron chi connectivity index (χ0n) is 11.8. The predicted octanol–water partition coefficient (Wildman–Crippen LogP) is 1.41. The first-order chi connectivity index (χ1) is 8.79. The van der Waals surface area contributed by atoms with Gasteiger partial charge in [-0.25, -0.2) is 4.79 Å². The molecule has 4 heteroatoms. The molecule has 0 amide bonds. The van der Waals surface area contributed by atoms with Crippen molar-refractivity contribution in [3.63, 3.8) is 0 Å². The van der Waals surface area contributed by atoms with E-state index in [9.17, 15) is 15.0 Å². The van der Waals surface area contributed by atoms with Crippen molar-refractivity contribution in [3.05, 3.63) is 11.1 Å². The Morgan fingerprint density at radius 1 is 1.21 bits per heavy atom. The maximum absolute atomic E-state index is 12.1. The maximum atomic E-state index is 12.1. The molecule has 4 atom stereocenters. The lowest BCUT2D eigenvalue weighted by molar-refractivity contribution is -0.141. The third kappa shape index (κ3) is 1.56. The van der Waals surface area contributed by atoms with Crippen LogP contribution in [0.5, 0.6) is 0 Å². The molecular formula is C15H22O4. The zero-order valence-corrected chi connectivity index (χ0v) is 11.8. The van der Waals surface area contributed by atoms with E-state index in [0.717, 1.165) is 19.3 Å². The number of aliphatic hydroxyl groups is 2. The fraction of sp³-hybridized carbons (Fsp3) is 0.800. The molecule has 2 aliphatic carbocycles. The minimum Gasteiger partial charge on any atom is -0.458 e. The Morgan fingerprint density at radius 3 is 2.58 bits per heavy atom. The number of hydrogen-bond acceptors (Lipinski definition) is 4. The van der Waals surface area contributed by atoms with Gasteiger partial charge in [0.15, 0.2) is 0 Å². The summed E-state index contributed by atoms with van der Waals surface area (Å²) in [6.07, 6.45) is 1.14. The van der Waals surface area contributed by atoms with Crippen LogP contribution in [0.2, 0.25) is 0 Å². The molecule has 106 valence electrons. The van der Waals surface area contributed by atoms with E-state index in [-0.39, 0.29) is 29.3 Å². The second-order valence-electron chi connectivity index (χ2n) is 7.15. The number of hydrogen-bond donors (Lipinski definition) is 2. The van der Waals surface area contributed by atoms with Crippen LogP contribution in [0.15, 0.2) is 11.1 Å². The number of cyclic esters (lactones) is 1. The molecule has 19 heavy (non-hydrogen) atoms. The third-order valence-electron chi connectivity index (χ3n) is 5.52. The first-order valence-electron chi connectivity index (χ1n) is 7.06. The first-order valence-corrected chi connectivity index (χ1v) is 7.06. The summed E-state index contributed by atoms with van der Waals surface area (Å²) in [5, 5.41) is 20.9. The molecule has 0 bridgehead atoms. The van der Waals surface area contributed by atoms with Gasteiger partial charge in [-0.3, -0.25) is 0 Å². The zero-order chi connectivity index (χ0) is 14.0. The van der Waals surface area contributed by atoms with Gasteiger partial charge in [-0.2, -0.15) is 0 Å². The van der Waals surface area contributed by atoms with Crippen molar-refractivity contribution in [1.82, 2.24) is 0 Å². The SMILES string of the molecule is CC1(C)CCC[C@]2(C)C3=C(COC3=O)[C@@H](O)[C@@H](O)[C@@H]12. The molecule has 3 aliphatic rings. The van der Waals surface area contributed by atoms with Crippen LogP contribution in [0.1, 0.15) is 40.0 Å². The minimum absolute atomic E-state index is 0.0885. The van der Waals surface area contributed by atoms with Crippen molar-refractivity contribution < 1.29 is 19.7 Å². The highest BCUT2D eigenvalue weighted by Crippen LogP contribution is 2.60. The lowest BCUT2D eigenvalue weighted by Gasteiger charge is -2.56. The predicted molar refractivity (Wildman–Crippen MR) is 69.2 cm³/mol. The molecule has 0 unspecified atom stereocenters. The molecule has 3 rings (SSSR count). The van der Waals surface area contributed by atoms with Crippen molar-refractivity contribution in [2.75, 3.05) is 6.61 Å². The topological polar surface area (TPSA) is 66.8 Å². The molecule has 0 aromatic rings. The molecule has 0 saturated heterocycles. The normalized spacial score (nSPS) is 44.7. The van der Waals surface area contributed by atoms with Gasteiger partial charge in [-0.1, -0.05) is 27.2 Å². The average molecular weight is 266 g/mol. The van der Waals surface area contributed by atoms with Gasteiger partial charge in [0.1, 0.15) is 12.7 Å². The summed E-state index contributed by atoms with van der Waals surface area (Å²) >= 11 is 0. The van der Waals surface area contributed by atoms with E-state index in [4.69, 9.17) is 4.74 Å². The van der Waals surface area contributed by atoms with Crippen LogP contribution in [0, 0.1) is 16.7 Å². The van der Waals surface area contributed by atoms with Gasteiger partial charge in [0.2, 0.25) is 0 Å². The van der Waals surface area contributed by atoms with Crippen LogP contribution in [-0.4, -0.2) is 35.0 Å². The fourth-order valence-electron chi connectivity index (χ4n) is 4.84. The summed E-state index contributed by atoms with van der Waals surface area (Å²) in [4.78, 5) is 12.1. The van der Waals surface area contributed by atoms with E-state index in [1.165, 1.54) is 0 Å². The number of rotatable bonds is 0. The van der Waals surface area contributed by atoms with Gasteiger partial charge in [-0.05, 0) is 18.3 Å². The van der Waals surface area contributed by atoms with Crippen molar-refractivity contribution in [3.8, 4) is 0 Å². The molecule has 0 aromatic carbocycles. The van der Waals surface area contributed by atoms with E-state index in [2.05, 4.69) is 20.8 Å². The molecule has 0 aromatic heterocycles. The van der Waals surface area contributed by atoms with Gasteiger partial charge < -0.3 is 14.9 Å². The van der Waals surface area contributed by atoms with E-state index >= 15 is 0 Å². The van der Waals surface area contributed by atoms with E-state index < -0.39 is 12.2 Å². The second kappa shape index (κ2) is 3.83. The van der Waals surface area contributed by atoms with E-state index in [1.54, 1.807) is 0 Å². The van der Waals surface area contributed by atoms with Crippen LogP contribution in [-0.2, 0) is 9.53 Å². The summed E-state index contributed by atoms with van der Waals surface area (Å²) in [7, 11) is 0. The van der Waals surface area contributed by atoms with Crippen molar-refractivity contribution in [2.45, 2.75) is 52.2 Å². The van der Waals surface area contributed by atoms with Crippen LogP contribution >= 0.6 is 0 Å². The Hall–Kier alpha value is -0.870. The number of aliphatic hydroxyl groups excluding tert-OH is 2. The van der Waals surface area contributed by atoms with Crippen LogP contribution in [0.3, 0.4) is 0 Å². The summed E-state index contributed by atoms with van der Waals surface area (Å²) in [5.41, 5.74) is 0.787. The van der Waals surface area contributed by atoms with E-state index in [0.29, 0.717) is 11.1 Å². The highest BCUT2D eigenvalue weighted by Gasteiger charge is 2.60. The van der Waals surface area contributed by atoms with Gasteiger partial charge in [0.05, 0.1) is 6.10 Å². The monoisotopic (exact) mass is 266 g/mol. The summed E-state index contributed by atoms with van der Waals surface area (Å²) < 4.78 is 5.12. The average Bonchev–Trinajstić information content (AvgIpc) is 2.68. The van der Waals surface area contributed by atoms with Crippen molar-refractivity contribution in [1.29, 1.82) is 0 Å². The third-order valence-corrected chi connectivity index (χ3v) is 5.52. The van der Waals surface area contributed by atoms with Gasteiger partial charge >= 0.3 is 5.97 Å². The lowest BCUT2D eigenvalue weighted by Crippen LogP contribution is -2.57. The molecule has 0 radical (unpaired) electrons. The molecule has 1 aliphatic heterocycles. The Balaban J connectivity index is 2.18. The number of carbonyl (C=O) groups is 1. The smallest absolute Gasteiger partial charge is 0.335 e. The Kier molecular flexibility index (Phi) is 2.64. The minimum atomic E-state index is -0.961. The molecule has 1 saturated carbocycles. The maximum Gasteiger partial charge on any atom is 0.335 e.